The highest BCUT2D eigenvalue weighted by atomic mass is 32.2. The second-order valence-electron chi connectivity index (χ2n) is 3.51. The molecule has 1 heterocycles. The van der Waals surface area contributed by atoms with Crippen molar-refractivity contribution in [3.8, 4) is 0 Å². The summed E-state index contributed by atoms with van der Waals surface area (Å²) >= 11 is 1.91. The minimum absolute atomic E-state index is 0.742. The first-order valence-electron chi connectivity index (χ1n) is 4.96. The van der Waals surface area contributed by atoms with E-state index in [0.717, 1.165) is 24.2 Å². The summed E-state index contributed by atoms with van der Waals surface area (Å²) in [4.78, 5) is 7.35. The van der Waals surface area contributed by atoms with Crippen molar-refractivity contribution in [3.05, 3.63) is 17.7 Å². The second-order valence-corrected chi connectivity index (χ2v) is 4.78. The molecule has 0 aliphatic carbocycles. The Bertz CT molecular complexity index is 260. The Morgan fingerprint density at radius 3 is 3.00 bits per heavy atom. The van der Waals surface area contributed by atoms with E-state index in [2.05, 4.69) is 28.5 Å². The minimum atomic E-state index is 0.742. The number of aryl methyl sites for hydroxylation is 1. The van der Waals surface area contributed by atoms with Crippen LogP contribution in [0.1, 0.15) is 24.9 Å². The molecule has 1 atom stereocenters. The molecular formula is C10H19N3S. The zero-order valence-electron chi connectivity index (χ0n) is 9.13. The molecule has 1 unspecified atom stereocenters. The average Bonchev–Trinajstić information content (AvgIpc) is 2.58. The van der Waals surface area contributed by atoms with E-state index in [1.165, 1.54) is 12.1 Å². The summed E-state index contributed by atoms with van der Waals surface area (Å²) in [7, 11) is 0. The van der Waals surface area contributed by atoms with Gasteiger partial charge in [0.05, 0.1) is 0 Å². The standard InChI is InChI=1S/C10H19N3S/c1-8(14-3)4-5-11-6-10-7-12-9(2)13-10/h7-8,11H,4-6H2,1-3H3,(H,12,13). The molecule has 0 aromatic carbocycles. The molecule has 0 saturated heterocycles. The number of aromatic amines is 1. The average molecular weight is 213 g/mol. The van der Waals surface area contributed by atoms with Crippen molar-refractivity contribution in [2.24, 2.45) is 0 Å². The van der Waals surface area contributed by atoms with Crippen LogP contribution in [0.15, 0.2) is 6.20 Å². The van der Waals surface area contributed by atoms with Gasteiger partial charge >= 0.3 is 0 Å². The number of aromatic nitrogens is 2. The fraction of sp³-hybridized carbons (Fsp3) is 0.700. The minimum Gasteiger partial charge on any atom is -0.345 e. The Morgan fingerprint density at radius 1 is 1.64 bits per heavy atom. The van der Waals surface area contributed by atoms with Gasteiger partial charge in [0.15, 0.2) is 0 Å². The van der Waals surface area contributed by atoms with Crippen LogP contribution in [0.2, 0.25) is 0 Å². The van der Waals surface area contributed by atoms with E-state index in [0.29, 0.717) is 0 Å². The number of H-pyrrole nitrogens is 1. The van der Waals surface area contributed by atoms with Gasteiger partial charge in [0, 0.05) is 23.7 Å². The van der Waals surface area contributed by atoms with Crippen LogP contribution in [0.3, 0.4) is 0 Å². The van der Waals surface area contributed by atoms with Gasteiger partial charge in [0.1, 0.15) is 5.82 Å². The van der Waals surface area contributed by atoms with Gasteiger partial charge in [-0.3, -0.25) is 0 Å². The van der Waals surface area contributed by atoms with Crippen LogP contribution < -0.4 is 5.32 Å². The number of rotatable bonds is 6. The molecule has 3 nitrogen and oxygen atoms in total. The maximum Gasteiger partial charge on any atom is 0.103 e. The first-order valence-corrected chi connectivity index (χ1v) is 6.25. The van der Waals surface area contributed by atoms with Gasteiger partial charge in [-0.15, -0.1) is 0 Å². The largest absolute Gasteiger partial charge is 0.345 e. The van der Waals surface area contributed by atoms with Crippen molar-refractivity contribution in [3.63, 3.8) is 0 Å². The topological polar surface area (TPSA) is 40.7 Å². The fourth-order valence-electron chi connectivity index (χ4n) is 1.21. The number of imidazole rings is 1. The maximum absolute atomic E-state index is 4.15. The lowest BCUT2D eigenvalue weighted by molar-refractivity contribution is 0.640. The van der Waals surface area contributed by atoms with Crippen LogP contribution in [0.4, 0.5) is 0 Å². The van der Waals surface area contributed by atoms with E-state index in [4.69, 9.17) is 0 Å². The third-order valence-corrected chi connectivity index (χ3v) is 3.24. The van der Waals surface area contributed by atoms with Crippen LogP contribution in [-0.4, -0.2) is 28.0 Å². The molecule has 14 heavy (non-hydrogen) atoms. The van der Waals surface area contributed by atoms with Crippen molar-refractivity contribution in [2.75, 3.05) is 12.8 Å². The number of nitrogens with one attached hydrogen (secondary N) is 2. The number of hydrogen-bond donors (Lipinski definition) is 2. The predicted octanol–water partition coefficient (Wildman–Crippen LogP) is 1.95. The molecule has 0 aliphatic rings. The van der Waals surface area contributed by atoms with Crippen LogP contribution >= 0.6 is 11.8 Å². The number of thioether (sulfide) groups is 1. The van der Waals surface area contributed by atoms with E-state index in [9.17, 15) is 0 Å². The highest BCUT2D eigenvalue weighted by Crippen LogP contribution is 2.08. The molecule has 4 heteroatoms. The molecule has 0 spiro atoms. The second kappa shape index (κ2) is 6.09. The Hall–Kier alpha value is -0.480. The third kappa shape index (κ3) is 4.15. The summed E-state index contributed by atoms with van der Waals surface area (Å²) in [5, 5.41) is 4.14. The van der Waals surface area contributed by atoms with Crippen LogP contribution in [0, 0.1) is 6.92 Å². The summed E-state index contributed by atoms with van der Waals surface area (Å²) in [5.41, 5.74) is 1.17. The first-order chi connectivity index (χ1) is 6.72. The van der Waals surface area contributed by atoms with Crippen molar-refractivity contribution >= 4 is 11.8 Å². The molecule has 80 valence electrons. The van der Waals surface area contributed by atoms with Crippen molar-refractivity contribution in [1.82, 2.24) is 15.3 Å². The summed E-state index contributed by atoms with van der Waals surface area (Å²) < 4.78 is 0. The number of hydrogen-bond acceptors (Lipinski definition) is 3. The lowest BCUT2D eigenvalue weighted by Gasteiger charge is -2.07. The van der Waals surface area contributed by atoms with E-state index in [-0.39, 0.29) is 0 Å². The van der Waals surface area contributed by atoms with E-state index >= 15 is 0 Å². The van der Waals surface area contributed by atoms with Gasteiger partial charge in [-0.25, -0.2) is 4.98 Å². The van der Waals surface area contributed by atoms with Gasteiger partial charge < -0.3 is 10.3 Å². The summed E-state index contributed by atoms with van der Waals surface area (Å²) in [6, 6.07) is 0. The summed E-state index contributed by atoms with van der Waals surface area (Å²) in [6.45, 7) is 6.19. The Morgan fingerprint density at radius 2 is 2.43 bits per heavy atom. The monoisotopic (exact) mass is 213 g/mol. The number of nitrogens with zero attached hydrogens (tertiary/aromatic N) is 1. The zero-order chi connectivity index (χ0) is 10.4. The third-order valence-electron chi connectivity index (χ3n) is 2.20. The molecule has 1 rings (SSSR count). The maximum atomic E-state index is 4.15. The molecule has 1 aromatic heterocycles. The van der Waals surface area contributed by atoms with E-state index < -0.39 is 0 Å². The predicted molar refractivity (Wildman–Crippen MR) is 62.6 cm³/mol. The molecule has 0 radical (unpaired) electrons. The van der Waals surface area contributed by atoms with Gasteiger partial charge in [-0.05, 0) is 26.1 Å². The molecule has 2 N–H and O–H groups in total. The van der Waals surface area contributed by atoms with Crippen LogP contribution in [0.5, 0.6) is 0 Å². The molecular weight excluding hydrogens is 194 g/mol. The van der Waals surface area contributed by atoms with E-state index in [1.807, 2.05) is 24.9 Å². The quantitative estimate of drug-likeness (QED) is 0.710. The summed E-state index contributed by atoms with van der Waals surface area (Å²) in [6.07, 6.45) is 5.26. The lowest BCUT2D eigenvalue weighted by atomic mass is 10.3. The molecule has 0 aliphatic heterocycles. The Kier molecular flexibility index (Phi) is 5.04. The highest BCUT2D eigenvalue weighted by molar-refractivity contribution is 7.99. The van der Waals surface area contributed by atoms with Crippen molar-refractivity contribution in [2.45, 2.75) is 32.1 Å². The van der Waals surface area contributed by atoms with Gasteiger partial charge in [-0.2, -0.15) is 11.8 Å². The zero-order valence-corrected chi connectivity index (χ0v) is 9.95. The van der Waals surface area contributed by atoms with Gasteiger partial charge in [0.25, 0.3) is 0 Å². The van der Waals surface area contributed by atoms with Gasteiger partial charge in [-0.1, -0.05) is 6.92 Å². The van der Waals surface area contributed by atoms with Crippen molar-refractivity contribution in [1.29, 1.82) is 0 Å². The highest BCUT2D eigenvalue weighted by Gasteiger charge is 1.99. The van der Waals surface area contributed by atoms with Crippen LogP contribution in [0.25, 0.3) is 0 Å². The lowest BCUT2D eigenvalue weighted by Crippen LogP contribution is -2.17. The Labute approximate surface area is 90.1 Å². The van der Waals surface area contributed by atoms with Crippen LogP contribution in [-0.2, 0) is 6.54 Å². The Balaban J connectivity index is 2.10. The van der Waals surface area contributed by atoms with Crippen molar-refractivity contribution < 1.29 is 0 Å². The molecule has 0 amide bonds. The van der Waals surface area contributed by atoms with E-state index in [1.54, 1.807) is 0 Å². The molecule has 0 bridgehead atoms. The molecule has 0 fully saturated rings. The SMILES string of the molecule is CSC(C)CCNCc1cnc(C)[nH]1. The normalized spacial score (nSPS) is 13.1. The van der Waals surface area contributed by atoms with Gasteiger partial charge in [0.2, 0.25) is 0 Å². The summed E-state index contributed by atoms with van der Waals surface area (Å²) in [5.74, 6) is 0.985. The smallest absolute Gasteiger partial charge is 0.103 e. The first kappa shape index (κ1) is 11.6. The fourth-order valence-corrected chi connectivity index (χ4v) is 1.56. The molecule has 1 aromatic rings. The molecule has 0 saturated carbocycles.